The summed E-state index contributed by atoms with van der Waals surface area (Å²) < 4.78 is 0. The minimum atomic E-state index is -0.189. The number of nitrogens with one attached hydrogen (secondary N) is 1. The third kappa shape index (κ3) is 3.45. The number of hydrogen-bond donors (Lipinski definition) is 1. The lowest BCUT2D eigenvalue weighted by Crippen LogP contribution is -2.56. The summed E-state index contributed by atoms with van der Waals surface area (Å²) in [6.45, 7) is 5.21. The summed E-state index contributed by atoms with van der Waals surface area (Å²) in [5, 5.41) is 3.28. The molecule has 1 saturated heterocycles. The van der Waals surface area contributed by atoms with Crippen molar-refractivity contribution in [3.8, 4) is 0 Å². The molecule has 0 saturated carbocycles. The van der Waals surface area contributed by atoms with Crippen LogP contribution in [-0.2, 0) is 9.59 Å². The molecule has 1 heterocycles. The molecule has 18 heavy (non-hydrogen) atoms. The van der Waals surface area contributed by atoms with Gasteiger partial charge in [0.2, 0.25) is 11.8 Å². The highest BCUT2D eigenvalue weighted by atomic mass is 16.2. The van der Waals surface area contributed by atoms with Crippen LogP contribution >= 0.6 is 0 Å². The Kier molecular flexibility index (Phi) is 4.73. The van der Waals surface area contributed by atoms with E-state index in [2.05, 4.69) is 19.2 Å². The number of nitrogens with zero attached hydrogens (tertiary/aromatic N) is 2. The van der Waals surface area contributed by atoms with E-state index in [1.807, 2.05) is 0 Å². The SMILES string of the molecule is CN(C)C(=O)CN(C)C(=O)C1NCCCC1(C)C. The van der Waals surface area contributed by atoms with Gasteiger partial charge in [-0.3, -0.25) is 9.59 Å². The molecule has 0 radical (unpaired) electrons. The van der Waals surface area contributed by atoms with Crippen molar-refractivity contribution in [2.24, 2.45) is 5.41 Å². The Balaban J connectivity index is 2.65. The molecule has 0 spiro atoms. The van der Waals surface area contributed by atoms with Gasteiger partial charge in [-0.15, -0.1) is 0 Å². The zero-order valence-corrected chi connectivity index (χ0v) is 12.1. The Labute approximate surface area is 110 Å². The van der Waals surface area contributed by atoms with Crippen LogP contribution < -0.4 is 5.32 Å². The largest absolute Gasteiger partial charge is 0.347 e. The summed E-state index contributed by atoms with van der Waals surface area (Å²) in [5.41, 5.74) is -0.0508. The number of likely N-dealkylation sites (N-methyl/N-ethyl adjacent to an activating group) is 2. The van der Waals surface area contributed by atoms with E-state index >= 15 is 0 Å². The predicted molar refractivity (Wildman–Crippen MR) is 71.1 cm³/mol. The Morgan fingerprint density at radius 3 is 2.39 bits per heavy atom. The van der Waals surface area contributed by atoms with Crippen molar-refractivity contribution >= 4 is 11.8 Å². The highest BCUT2D eigenvalue weighted by Crippen LogP contribution is 2.30. The molecule has 0 aliphatic carbocycles. The van der Waals surface area contributed by atoms with Crippen LogP contribution in [-0.4, -0.2) is 61.9 Å². The predicted octanol–water partition coefficient (Wildman–Crippen LogP) is 0.311. The Morgan fingerprint density at radius 1 is 1.28 bits per heavy atom. The standard InChI is InChI=1S/C13H25N3O2/c1-13(2)7-6-8-14-11(13)12(18)16(5)9-10(17)15(3)4/h11,14H,6-9H2,1-5H3. The number of hydrogen-bond acceptors (Lipinski definition) is 3. The van der Waals surface area contributed by atoms with Gasteiger partial charge < -0.3 is 15.1 Å². The Morgan fingerprint density at radius 2 is 1.89 bits per heavy atom. The second-order valence-corrected chi connectivity index (χ2v) is 5.96. The van der Waals surface area contributed by atoms with Crippen LogP contribution in [0.15, 0.2) is 0 Å². The lowest BCUT2D eigenvalue weighted by Gasteiger charge is -2.40. The normalized spacial score (nSPS) is 22.4. The van der Waals surface area contributed by atoms with E-state index in [4.69, 9.17) is 0 Å². The van der Waals surface area contributed by atoms with E-state index < -0.39 is 0 Å². The summed E-state index contributed by atoms with van der Waals surface area (Å²) in [7, 11) is 5.09. The van der Waals surface area contributed by atoms with Crippen molar-refractivity contribution in [3.63, 3.8) is 0 Å². The number of carbonyl (C=O) groups excluding carboxylic acids is 2. The molecule has 1 aliphatic rings. The van der Waals surface area contributed by atoms with Crippen LogP contribution in [0.1, 0.15) is 26.7 Å². The number of rotatable bonds is 3. The highest BCUT2D eigenvalue weighted by Gasteiger charge is 2.38. The maximum absolute atomic E-state index is 12.4. The zero-order valence-electron chi connectivity index (χ0n) is 12.1. The molecule has 2 amide bonds. The van der Waals surface area contributed by atoms with Crippen LogP contribution in [0.2, 0.25) is 0 Å². The van der Waals surface area contributed by atoms with Gasteiger partial charge in [0.05, 0.1) is 12.6 Å². The molecule has 1 fully saturated rings. The lowest BCUT2D eigenvalue weighted by molar-refractivity contribution is -0.141. The van der Waals surface area contributed by atoms with Gasteiger partial charge in [0.15, 0.2) is 0 Å². The summed E-state index contributed by atoms with van der Waals surface area (Å²) in [6, 6.07) is -0.189. The van der Waals surface area contributed by atoms with E-state index in [9.17, 15) is 9.59 Å². The quantitative estimate of drug-likeness (QED) is 0.790. The number of piperidine rings is 1. The molecule has 1 atom stereocenters. The lowest BCUT2D eigenvalue weighted by atomic mass is 9.77. The summed E-state index contributed by atoms with van der Waals surface area (Å²) in [5.74, 6) is -0.0469. The zero-order chi connectivity index (χ0) is 13.9. The first-order valence-electron chi connectivity index (χ1n) is 6.44. The molecule has 5 nitrogen and oxygen atoms in total. The van der Waals surface area contributed by atoms with Crippen LogP contribution in [0.4, 0.5) is 0 Å². The third-order valence-electron chi connectivity index (χ3n) is 3.62. The maximum Gasteiger partial charge on any atom is 0.241 e. The van der Waals surface area contributed by atoms with Crippen molar-refractivity contribution in [1.29, 1.82) is 0 Å². The fraction of sp³-hybridized carbons (Fsp3) is 0.846. The van der Waals surface area contributed by atoms with Crippen molar-refractivity contribution < 1.29 is 9.59 Å². The molecule has 1 rings (SSSR count). The van der Waals surface area contributed by atoms with Crippen LogP contribution in [0, 0.1) is 5.41 Å². The van der Waals surface area contributed by atoms with Gasteiger partial charge in [0.25, 0.3) is 0 Å². The molecule has 0 aromatic heterocycles. The summed E-state index contributed by atoms with van der Waals surface area (Å²) >= 11 is 0. The van der Waals surface area contributed by atoms with Gasteiger partial charge >= 0.3 is 0 Å². The van der Waals surface area contributed by atoms with Crippen LogP contribution in [0.3, 0.4) is 0 Å². The molecular weight excluding hydrogens is 230 g/mol. The summed E-state index contributed by atoms with van der Waals surface area (Å²) in [6.07, 6.45) is 2.13. The average molecular weight is 255 g/mol. The average Bonchev–Trinajstić information content (AvgIpc) is 2.27. The van der Waals surface area contributed by atoms with E-state index in [0.717, 1.165) is 19.4 Å². The minimum Gasteiger partial charge on any atom is -0.347 e. The van der Waals surface area contributed by atoms with Gasteiger partial charge in [-0.2, -0.15) is 0 Å². The van der Waals surface area contributed by atoms with E-state index in [-0.39, 0.29) is 29.8 Å². The number of amides is 2. The minimum absolute atomic E-state index is 0.00917. The molecule has 0 aromatic rings. The van der Waals surface area contributed by atoms with Crippen LogP contribution in [0.25, 0.3) is 0 Å². The highest BCUT2D eigenvalue weighted by molar-refractivity contribution is 5.87. The van der Waals surface area contributed by atoms with Gasteiger partial charge in [0.1, 0.15) is 0 Å². The fourth-order valence-electron chi connectivity index (χ4n) is 2.28. The number of carbonyl (C=O) groups is 2. The third-order valence-corrected chi connectivity index (χ3v) is 3.62. The molecular formula is C13H25N3O2. The van der Waals surface area contributed by atoms with Gasteiger partial charge in [0, 0.05) is 21.1 Å². The molecule has 1 unspecified atom stereocenters. The van der Waals surface area contributed by atoms with Crippen molar-refractivity contribution in [1.82, 2.24) is 15.1 Å². The first-order chi connectivity index (χ1) is 8.25. The van der Waals surface area contributed by atoms with Crippen molar-refractivity contribution in [3.05, 3.63) is 0 Å². The van der Waals surface area contributed by atoms with E-state index in [1.165, 1.54) is 9.80 Å². The maximum atomic E-state index is 12.4. The van der Waals surface area contributed by atoms with Gasteiger partial charge in [-0.25, -0.2) is 0 Å². The molecule has 104 valence electrons. The van der Waals surface area contributed by atoms with Gasteiger partial charge in [-0.05, 0) is 24.8 Å². The fourth-order valence-corrected chi connectivity index (χ4v) is 2.28. The summed E-state index contributed by atoms with van der Waals surface area (Å²) in [4.78, 5) is 27.0. The topological polar surface area (TPSA) is 52.7 Å². The van der Waals surface area contributed by atoms with Gasteiger partial charge in [-0.1, -0.05) is 13.8 Å². The van der Waals surface area contributed by atoms with E-state index in [1.54, 1.807) is 21.1 Å². The first kappa shape index (κ1) is 15.0. The second kappa shape index (κ2) is 5.69. The smallest absolute Gasteiger partial charge is 0.241 e. The Hall–Kier alpha value is -1.10. The van der Waals surface area contributed by atoms with Crippen molar-refractivity contribution in [2.75, 3.05) is 34.2 Å². The monoisotopic (exact) mass is 255 g/mol. The molecule has 1 aliphatic heterocycles. The molecule has 1 N–H and O–H groups in total. The molecule has 0 bridgehead atoms. The molecule has 0 aromatic carbocycles. The van der Waals surface area contributed by atoms with Crippen molar-refractivity contribution in [2.45, 2.75) is 32.7 Å². The first-order valence-corrected chi connectivity index (χ1v) is 6.44. The Bertz CT molecular complexity index is 326. The van der Waals surface area contributed by atoms with Crippen LogP contribution in [0.5, 0.6) is 0 Å². The van der Waals surface area contributed by atoms with E-state index in [0.29, 0.717) is 0 Å². The molecule has 5 heteroatoms. The second-order valence-electron chi connectivity index (χ2n) is 5.96.